The number of carbonyl (C=O) groups is 1. The molecule has 0 aromatic heterocycles. The maximum absolute atomic E-state index is 13.3. The van der Waals surface area contributed by atoms with E-state index in [1.54, 1.807) is 31.2 Å². The van der Waals surface area contributed by atoms with E-state index in [0.29, 0.717) is 5.69 Å². The molecule has 10 heteroatoms. The zero-order valence-electron chi connectivity index (χ0n) is 15.2. The van der Waals surface area contributed by atoms with Gasteiger partial charge >= 0.3 is 0 Å². The first-order chi connectivity index (χ1) is 13.2. The van der Waals surface area contributed by atoms with E-state index in [4.69, 9.17) is 11.6 Å². The van der Waals surface area contributed by atoms with E-state index in [2.05, 4.69) is 20.9 Å². The summed E-state index contributed by atoms with van der Waals surface area (Å²) in [5.74, 6) is -2.08. The highest BCUT2D eigenvalue weighted by atomic mass is 35.5. The summed E-state index contributed by atoms with van der Waals surface area (Å²) in [7, 11) is -3.93. The van der Waals surface area contributed by atoms with Crippen LogP contribution in [0.3, 0.4) is 0 Å². The van der Waals surface area contributed by atoms with Gasteiger partial charge < -0.3 is 5.32 Å². The van der Waals surface area contributed by atoms with Gasteiger partial charge in [-0.15, -0.1) is 0 Å². The molecule has 28 heavy (non-hydrogen) atoms. The predicted molar refractivity (Wildman–Crippen MR) is 107 cm³/mol. The third-order valence-corrected chi connectivity index (χ3v) is 6.34. The summed E-state index contributed by atoms with van der Waals surface area (Å²) in [6.45, 7) is 3.58. The van der Waals surface area contributed by atoms with Crippen molar-refractivity contribution in [2.45, 2.75) is 25.3 Å². The highest BCUT2D eigenvalue weighted by molar-refractivity contribution is 7.93. The summed E-state index contributed by atoms with van der Waals surface area (Å²) in [4.78, 5) is 12.8. The Morgan fingerprint density at radius 3 is 2.39 bits per heavy atom. The number of anilines is 2. The number of rotatable bonds is 5. The number of nitrogens with one attached hydrogen (secondary N) is 4. The second-order valence-corrected chi connectivity index (χ2v) is 8.86. The summed E-state index contributed by atoms with van der Waals surface area (Å²) in [6, 6.07) is 10.1. The molecule has 4 N–H and O–H groups in total. The molecule has 1 aliphatic rings. The molecule has 1 saturated heterocycles. The van der Waals surface area contributed by atoms with Gasteiger partial charge in [0.25, 0.3) is 10.0 Å². The van der Waals surface area contributed by atoms with Crippen molar-refractivity contribution in [2.24, 2.45) is 5.92 Å². The molecular weight excluding hydrogens is 407 g/mol. The van der Waals surface area contributed by atoms with E-state index >= 15 is 0 Å². The first kappa shape index (κ1) is 20.5. The predicted octanol–water partition coefficient (Wildman–Crippen LogP) is 2.61. The van der Waals surface area contributed by atoms with Crippen LogP contribution in [0.4, 0.5) is 15.8 Å². The Balaban J connectivity index is 1.79. The molecule has 0 radical (unpaired) electrons. The van der Waals surface area contributed by atoms with Crippen LogP contribution in [0.25, 0.3) is 0 Å². The molecule has 1 aliphatic heterocycles. The van der Waals surface area contributed by atoms with Gasteiger partial charge in [-0.3, -0.25) is 14.9 Å². The fourth-order valence-electron chi connectivity index (χ4n) is 2.94. The van der Waals surface area contributed by atoms with E-state index in [-0.39, 0.29) is 10.7 Å². The normalized spacial score (nSPS) is 22.1. The van der Waals surface area contributed by atoms with Crippen LogP contribution >= 0.6 is 11.6 Å². The maximum atomic E-state index is 13.3. The molecule has 3 atom stereocenters. The topological polar surface area (TPSA) is 99.3 Å². The molecule has 0 saturated carbocycles. The van der Waals surface area contributed by atoms with Crippen LogP contribution < -0.4 is 20.9 Å². The van der Waals surface area contributed by atoms with Crippen molar-refractivity contribution in [3.8, 4) is 0 Å². The Hall–Kier alpha value is -2.20. The molecule has 0 bridgehead atoms. The van der Waals surface area contributed by atoms with Crippen LogP contribution in [0.15, 0.2) is 42.5 Å². The van der Waals surface area contributed by atoms with E-state index < -0.39 is 39.1 Å². The number of carbonyl (C=O) groups excluding carboxylic acids is 1. The highest BCUT2D eigenvalue weighted by Crippen LogP contribution is 2.25. The average Bonchev–Trinajstić information content (AvgIpc) is 3.03. The van der Waals surface area contributed by atoms with Gasteiger partial charge in [-0.2, -0.15) is 0 Å². The number of hydrogen-bond acceptors (Lipinski definition) is 5. The lowest BCUT2D eigenvalue weighted by molar-refractivity contribution is -0.119. The van der Waals surface area contributed by atoms with Gasteiger partial charge in [-0.1, -0.05) is 29.3 Å². The molecule has 1 fully saturated rings. The molecule has 150 valence electrons. The zero-order chi connectivity index (χ0) is 20.5. The van der Waals surface area contributed by atoms with Crippen LogP contribution in [0.2, 0.25) is 5.02 Å². The van der Waals surface area contributed by atoms with Crippen molar-refractivity contribution in [3.05, 3.63) is 58.9 Å². The van der Waals surface area contributed by atoms with Crippen LogP contribution in [0.5, 0.6) is 0 Å². The van der Waals surface area contributed by atoms with Crippen molar-refractivity contribution < 1.29 is 17.6 Å². The Kier molecular flexibility index (Phi) is 5.90. The summed E-state index contributed by atoms with van der Waals surface area (Å²) in [5, 5.41) is 1.24. The first-order valence-corrected chi connectivity index (χ1v) is 10.4. The van der Waals surface area contributed by atoms with Crippen molar-refractivity contribution in [3.63, 3.8) is 0 Å². The van der Waals surface area contributed by atoms with Gasteiger partial charge in [0.2, 0.25) is 5.91 Å². The quantitative estimate of drug-likeness (QED) is 0.589. The zero-order valence-corrected chi connectivity index (χ0v) is 16.7. The smallest absolute Gasteiger partial charge is 0.250 e. The van der Waals surface area contributed by atoms with Crippen molar-refractivity contribution in [2.75, 3.05) is 10.0 Å². The number of aryl methyl sites for hydroxylation is 1. The Labute approximate surface area is 167 Å². The van der Waals surface area contributed by atoms with E-state index in [1.807, 2.05) is 6.92 Å². The van der Waals surface area contributed by atoms with Crippen molar-refractivity contribution in [1.29, 1.82) is 0 Å². The van der Waals surface area contributed by atoms with Crippen LogP contribution in [0, 0.1) is 18.7 Å². The largest absolute Gasteiger partial charge is 0.326 e. The average molecular weight is 427 g/mol. The molecule has 7 nitrogen and oxygen atoms in total. The second kappa shape index (κ2) is 8.04. The van der Waals surface area contributed by atoms with Crippen LogP contribution in [-0.2, 0) is 14.8 Å². The van der Waals surface area contributed by atoms with Gasteiger partial charge in [0, 0.05) is 17.4 Å². The van der Waals surface area contributed by atoms with Gasteiger partial charge in [0.05, 0.1) is 10.9 Å². The minimum absolute atomic E-state index is 0.140. The van der Waals surface area contributed by atoms with E-state index in [9.17, 15) is 17.6 Å². The van der Waals surface area contributed by atoms with E-state index in [0.717, 1.165) is 11.6 Å². The molecule has 0 spiro atoms. The lowest BCUT2D eigenvalue weighted by Crippen LogP contribution is -2.45. The number of hydrazine groups is 1. The van der Waals surface area contributed by atoms with E-state index in [1.165, 1.54) is 12.1 Å². The summed E-state index contributed by atoms with van der Waals surface area (Å²) in [5.41, 5.74) is 7.13. The summed E-state index contributed by atoms with van der Waals surface area (Å²) in [6.07, 6.45) is 0. The molecule has 3 rings (SSSR count). The number of amides is 1. The number of benzene rings is 2. The molecule has 0 aliphatic carbocycles. The third kappa shape index (κ3) is 4.44. The monoisotopic (exact) mass is 426 g/mol. The van der Waals surface area contributed by atoms with Crippen molar-refractivity contribution >= 4 is 38.9 Å². The minimum Gasteiger partial charge on any atom is -0.326 e. The van der Waals surface area contributed by atoms with Gasteiger partial charge in [0.15, 0.2) is 5.37 Å². The van der Waals surface area contributed by atoms with Crippen LogP contribution in [-0.4, -0.2) is 25.7 Å². The maximum Gasteiger partial charge on any atom is 0.250 e. The molecule has 2 aromatic rings. The van der Waals surface area contributed by atoms with Crippen molar-refractivity contribution in [1.82, 2.24) is 10.9 Å². The third-order valence-electron chi connectivity index (χ3n) is 4.45. The van der Waals surface area contributed by atoms with Gasteiger partial charge in [-0.25, -0.2) is 18.2 Å². The minimum atomic E-state index is -3.93. The lowest BCUT2D eigenvalue weighted by atomic mass is 10.0. The molecular formula is C18H20ClFN4O3S. The lowest BCUT2D eigenvalue weighted by Gasteiger charge is -2.21. The Bertz CT molecular complexity index is 985. The summed E-state index contributed by atoms with van der Waals surface area (Å²) >= 11 is 5.73. The number of hydrogen-bond donors (Lipinski definition) is 4. The molecule has 1 heterocycles. The van der Waals surface area contributed by atoms with Gasteiger partial charge in [-0.05, 0) is 44.2 Å². The Morgan fingerprint density at radius 1 is 1.11 bits per heavy atom. The Morgan fingerprint density at radius 2 is 1.75 bits per heavy atom. The number of sulfonamides is 1. The first-order valence-electron chi connectivity index (χ1n) is 8.52. The second-order valence-electron chi connectivity index (χ2n) is 6.65. The standard InChI is InChI=1S/C18H20ClFN4O3S/c1-10-3-5-12(6-4-10)24-28(26,27)18-16(11(2)22-23-18)17(25)21-13-7-8-15(20)14(19)9-13/h3-9,11,16,18,22-24H,1-2H3,(H,21,25). The van der Waals surface area contributed by atoms with Crippen LogP contribution in [0.1, 0.15) is 12.5 Å². The summed E-state index contributed by atoms with van der Waals surface area (Å²) < 4.78 is 41.5. The molecule has 1 amide bonds. The molecule has 2 aromatic carbocycles. The molecule has 3 unspecified atom stereocenters. The fraction of sp³-hybridized carbons (Fsp3) is 0.278. The number of halogens is 2. The SMILES string of the molecule is Cc1ccc(NS(=O)(=O)C2NNC(C)C2C(=O)Nc2ccc(F)c(Cl)c2)cc1. The fourth-order valence-corrected chi connectivity index (χ4v) is 4.68. The van der Waals surface area contributed by atoms with Gasteiger partial charge in [0.1, 0.15) is 5.82 Å². The highest BCUT2D eigenvalue weighted by Gasteiger charge is 2.46.